The van der Waals surface area contributed by atoms with Crippen LogP contribution in [0, 0.1) is 13.8 Å². The molecule has 0 aliphatic carbocycles. The Balaban J connectivity index is 1.43. The third-order valence-electron chi connectivity index (χ3n) is 5.66. The minimum Gasteiger partial charge on any atom is -0.367 e. The Morgan fingerprint density at radius 3 is 2.39 bits per heavy atom. The van der Waals surface area contributed by atoms with E-state index in [1.807, 2.05) is 62.4 Å². The first-order valence-electron chi connectivity index (χ1n) is 10.5. The van der Waals surface area contributed by atoms with E-state index in [4.69, 9.17) is 4.98 Å². The summed E-state index contributed by atoms with van der Waals surface area (Å²) in [6.45, 7) is 4.97. The molecule has 1 aliphatic heterocycles. The van der Waals surface area contributed by atoms with Crippen LogP contribution >= 0.6 is 0 Å². The predicted octanol–water partition coefficient (Wildman–Crippen LogP) is 3.56. The largest absolute Gasteiger partial charge is 0.367 e. The topological polar surface area (TPSA) is 88.1 Å². The van der Waals surface area contributed by atoms with E-state index in [0.29, 0.717) is 18.9 Å². The van der Waals surface area contributed by atoms with Gasteiger partial charge in [-0.3, -0.25) is 4.98 Å². The predicted molar refractivity (Wildman–Crippen MR) is 122 cm³/mol. The molecule has 0 saturated carbocycles. The lowest BCUT2D eigenvalue weighted by Crippen LogP contribution is -2.43. The number of benzene rings is 1. The number of hydrogen-bond donors (Lipinski definition) is 1. The van der Waals surface area contributed by atoms with E-state index in [0.717, 1.165) is 41.2 Å². The molecule has 1 N–H and O–H groups in total. The average molecular weight is 438 g/mol. The maximum atomic E-state index is 12.8. The van der Waals surface area contributed by atoms with Gasteiger partial charge in [0.2, 0.25) is 10.0 Å². The van der Waals surface area contributed by atoms with Crippen LogP contribution in [0.25, 0.3) is 11.5 Å². The van der Waals surface area contributed by atoms with Crippen molar-refractivity contribution < 1.29 is 8.42 Å². The molecule has 0 radical (unpaired) electrons. The zero-order valence-electron chi connectivity index (χ0n) is 17.8. The quantitative estimate of drug-likeness (QED) is 0.634. The number of nitrogens with one attached hydrogen (secondary N) is 1. The monoisotopic (exact) mass is 437 g/mol. The molecule has 1 aliphatic rings. The van der Waals surface area contributed by atoms with Gasteiger partial charge >= 0.3 is 0 Å². The summed E-state index contributed by atoms with van der Waals surface area (Å²) in [6, 6.07) is 15.2. The van der Waals surface area contributed by atoms with Gasteiger partial charge in [-0.05, 0) is 44.4 Å². The van der Waals surface area contributed by atoms with Crippen molar-refractivity contribution in [2.24, 2.45) is 0 Å². The zero-order chi connectivity index (χ0) is 21.8. The summed E-state index contributed by atoms with van der Waals surface area (Å²) in [6.07, 6.45) is 3.19. The van der Waals surface area contributed by atoms with Crippen LogP contribution in [0.15, 0.2) is 54.7 Å². The molecular formula is C23H27N5O2S. The summed E-state index contributed by atoms with van der Waals surface area (Å²) in [5.74, 6) is 1.43. The first-order chi connectivity index (χ1) is 14.9. The molecule has 4 rings (SSSR count). The lowest BCUT2D eigenvalue weighted by molar-refractivity contribution is 0.329. The van der Waals surface area contributed by atoms with Crippen LogP contribution in [-0.4, -0.2) is 46.8 Å². The number of sulfonamides is 1. The number of hydrogen-bond acceptors (Lipinski definition) is 6. The summed E-state index contributed by atoms with van der Waals surface area (Å²) >= 11 is 0. The molecule has 3 heterocycles. The molecule has 0 amide bonds. The number of nitrogens with zero attached hydrogens (tertiary/aromatic N) is 4. The fourth-order valence-corrected chi connectivity index (χ4v) is 5.29. The van der Waals surface area contributed by atoms with E-state index >= 15 is 0 Å². The molecule has 0 spiro atoms. The molecule has 31 heavy (non-hydrogen) atoms. The molecule has 1 saturated heterocycles. The molecule has 8 heteroatoms. The van der Waals surface area contributed by atoms with Crippen molar-refractivity contribution in [3.05, 3.63) is 71.5 Å². The number of aromatic nitrogens is 3. The Morgan fingerprint density at radius 1 is 1.00 bits per heavy atom. The minimum absolute atomic E-state index is 0.0452. The van der Waals surface area contributed by atoms with Crippen molar-refractivity contribution in [2.75, 3.05) is 18.4 Å². The van der Waals surface area contributed by atoms with Crippen LogP contribution in [0.1, 0.15) is 29.7 Å². The van der Waals surface area contributed by atoms with Crippen LogP contribution in [0.2, 0.25) is 0 Å². The molecular weight excluding hydrogens is 410 g/mol. The third-order valence-corrected chi connectivity index (χ3v) is 7.51. The van der Waals surface area contributed by atoms with Crippen molar-refractivity contribution in [3.63, 3.8) is 0 Å². The van der Waals surface area contributed by atoms with Crippen LogP contribution in [-0.2, 0) is 15.8 Å². The number of piperidine rings is 1. The molecule has 1 fully saturated rings. The number of rotatable bonds is 6. The Morgan fingerprint density at radius 2 is 1.71 bits per heavy atom. The Hall–Kier alpha value is -2.84. The van der Waals surface area contributed by atoms with E-state index in [1.165, 1.54) is 0 Å². The first kappa shape index (κ1) is 21.4. The number of aryl methyl sites for hydroxylation is 1. The summed E-state index contributed by atoms with van der Waals surface area (Å²) in [7, 11) is -3.32. The van der Waals surface area contributed by atoms with Crippen LogP contribution in [0.3, 0.4) is 0 Å². The molecule has 0 bridgehead atoms. The van der Waals surface area contributed by atoms with Crippen molar-refractivity contribution >= 4 is 15.8 Å². The van der Waals surface area contributed by atoms with Gasteiger partial charge < -0.3 is 5.32 Å². The summed E-state index contributed by atoms with van der Waals surface area (Å²) in [4.78, 5) is 13.6. The van der Waals surface area contributed by atoms with Gasteiger partial charge in [-0.1, -0.05) is 36.4 Å². The lowest BCUT2D eigenvalue weighted by atomic mass is 10.1. The van der Waals surface area contributed by atoms with Gasteiger partial charge in [0.15, 0.2) is 5.82 Å². The van der Waals surface area contributed by atoms with Crippen molar-refractivity contribution in [3.8, 4) is 11.5 Å². The second-order valence-electron chi connectivity index (χ2n) is 7.88. The minimum atomic E-state index is -3.32. The smallest absolute Gasteiger partial charge is 0.218 e. The van der Waals surface area contributed by atoms with Gasteiger partial charge in [0, 0.05) is 36.6 Å². The second-order valence-corrected chi connectivity index (χ2v) is 9.85. The molecule has 3 aromatic rings. The Labute approximate surface area is 183 Å². The fourth-order valence-electron chi connectivity index (χ4n) is 3.73. The van der Waals surface area contributed by atoms with Gasteiger partial charge in [-0.25, -0.2) is 22.7 Å². The third kappa shape index (κ3) is 5.08. The van der Waals surface area contributed by atoms with Crippen molar-refractivity contribution in [1.82, 2.24) is 19.3 Å². The lowest BCUT2D eigenvalue weighted by Gasteiger charge is -2.32. The zero-order valence-corrected chi connectivity index (χ0v) is 18.6. The van der Waals surface area contributed by atoms with Gasteiger partial charge in [0.25, 0.3) is 0 Å². The molecule has 162 valence electrons. The molecule has 2 aromatic heterocycles. The van der Waals surface area contributed by atoms with Gasteiger partial charge in [0.1, 0.15) is 11.5 Å². The fraction of sp³-hybridized carbons (Fsp3) is 0.348. The van der Waals surface area contributed by atoms with Crippen molar-refractivity contribution in [1.29, 1.82) is 0 Å². The SMILES string of the molecule is Cc1nc(-c2ccccn2)nc(NC2CCN(S(=O)(=O)Cc3ccccc3)CC2)c1C. The number of anilines is 1. The maximum absolute atomic E-state index is 12.8. The van der Waals surface area contributed by atoms with Crippen LogP contribution in [0.4, 0.5) is 5.82 Å². The van der Waals surface area contributed by atoms with Crippen LogP contribution in [0.5, 0.6) is 0 Å². The summed E-state index contributed by atoms with van der Waals surface area (Å²) in [5.41, 5.74) is 3.45. The highest BCUT2D eigenvalue weighted by atomic mass is 32.2. The Bertz CT molecular complexity index is 1130. The van der Waals surface area contributed by atoms with E-state index in [-0.39, 0.29) is 11.8 Å². The van der Waals surface area contributed by atoms with Gasteiger partial charge in [-0.2, -0.15) is 0 Å². The van der Waals surface area contributed by atoms with Crippen LogP contribution < -0.4 is 5.32 Å². The second kappa shape index (κ2) is 9.11. The number of pyridine rings is 1. The average Bonchev–Trinajstić information content (AvgIpc) is 2.78. The molecule has 0 unspecified atom stereocenters. The van der Waals surface area contributed by atoms with Crippen molar-refractivity contribution in [2.45, 2.75) is 38.5 Å². The van der Waals surface area contributed by atoms with E-state index in [2.05, 4.69) is 15.3 Å². The normalized spacial score (nSPS) is 15.7. The standard InChI is InChI=1S/C23H27N5O2S/c1-17-18(2)25-23(21-10-6-7-13-24-21)27-22(17)26-20-11-14-28(15-12-20)31(29,30)16-19-8-4-3-5-9-19/h3-10,13,20H,11-12,14-16H2,1-2H3,(H,25,26,27). The summed E-state index contributed by atoms with van der Waals surface area (Å²) in [5, 5.41) is 3.52. The highest BCUT2D eigenvalue weighted by molar-refractivity contribution is 7.88. The van der Waals surface area contributed by atoms with E-state index in [9.17, 15) is 8.42 Å². The maximum Gasteiger partial charge on any atom is 0.218 e. The van der Waals surface area contributed by atoms with Gasteiger partial charge in [0.05, 0.1) is 5.75 Å². The molecule has 1 aromatic carbocycles. The molecule has 0 atom stereocenters. The Kier molecular flexibility index (Phi) is 6.29. The summed E-state index contributed by atoms with van der Waals surface area (Å²) < 4.78 is 27.2. The van der Waals surface area contributed by atoms with E-state index < -0.39 is 10.0 Å². The van der Waals surface area contributed by atoms with Gasteiger partial charge in [-0.15, -0.1) is 0 Å². The highest BCUT2D eigenvalue weighted by Gasteiger charge is 2.28. The highest BCUT2D eigenvalue weighted by Crippen LogP contribution is 2.24. The first-order valence-corrected chi connectivity index (χ1v) is 12.1. The molecule has 7 nitrogen and oxygen atoms in total. The van der Waals surface area contributed by atoms with E-state index in [1.54, 1.807) is 10.5 Å².